The van der Waals surface area contributed by atoms with Crippen LogP contribution in [0.2, 0.25) is 0 Å². The van der Waals surface area contributed by atoms with Gasteiger partial charge in [0.25, 0.3) is 0 Å². The van der Waals surface area contributed by atoms with Crippen molar-refractivity contribution in [2.75, 3.05) is 34.5 Å². The van der Waals surface area contributed by atoms with Crippen molar-refractivity contribution in [2.24, 2.45) is 0 Å². The molecule has 0 bridgehead atoms. The molecule has 0 aliphatic rings. The maximum absolute atomic E-state index is 9.22. The Kier molecular flexibility index (Phi) is 6.12. The summed E-state index contributed by atoms with van der Waals surface area (Å²) in [5, 5.41) is 12.3. The van der Waals surface area contributed by atoms with Crippen molar-refractivity contribution in [3.8, 4) is 29.1 Å². The predicted molar refractivity (Wildman–Crippen MR) is 79.3 cm³/mol. The molecule has 0 aliphatic heterocycles. The number of rotatable bonds is 8. The third-order valence-electron chi connectivity index (χ3n) is 2.98. The quantitative estimate of drug-likeness (QED) is 0.790. The zero-order chi connectivity index (χ0) is 15.9. The minimum Gasteiger partial charge on any atom is -0.493 e. The Morgan fingerprint density at radius 1 is 1.14 bits per heavy atom. The van der Waals surface area contributed by atoms with Crippen LogP contribution in [0.3, 0.4) is 0 Å². The summed E-state index contributed by atoms with van der Waals surface area (Å²) < 4.78 is 21.5. The lowest BCUT2D eigenvalue weighted by Crippen LogP contribution is -2.46. The van der Waals surface area contributed by atoms with E-state index < -0.39 is 5.54 Å². The van der Waals surface area contributed by atoms with Crippen molar-refractivity contribution in [1.82, 2.24) is 5.32 Å². The lowest BCUT2D eigenvalue weighted by molar-refractivity contribution is 0.233. The van der Waals surface area contributed by atoms with Crippen molar-refractivity contribution in [2.45, 2.75) is 19.4 Å². The summed E-state index contributed by atoms with van der Waals surface area (Å²) in [6, 6.07) is 5.61. The molecule has 0 radical (unpaired) electrons. The monoisotopic (exact) mass is 294 g/mol. The normalized spacial score (nSPS) is 13.0. The van der Waals surface area contributed by atoms with Gasteiger partial charge in [0.05, 0.1) is 27.4 Å². The molecule has 0 heterocycles. The molecule has 0 fully saturated rings. The Bertz CT molecular complexity index is 488. The maximum Gasteiger partial charge on any atom is 0.203 e. The number of methoxy groups -OCH3 is 3. The highest BCUT2D eigenvalue weighted by Crippen LogP contribution is 2.40. The molecule has 1 unspecified atom stereocenters. The number of nitrogens with one attached hydrogen (secondary N) is 1. The molecular weight excluding hydrogens is 272 g/mol. The topological polar surface area (TPSA) is 72.7 Å². The summed E-state index contributed by atoms with van der Waals surface area (Å²) in [5.41, 5.74) is -0.755. The Morgan fingerprint density at radius 3 is 2.10 bits per heavy atom. The number of likely N-dealkylation sites (N-methyl/N-ethyl adjacent to an activating group) is 1. The van der Waals surface area contributed by atoms with E-state index in [0.717, 1.165) is 0 Å². The first-order chi connectivity index (χ1) is 10.0. The smallest absolute Gasteiger partial charge is 0.203 e. The first kappa shape index (κ1) is 16.9. The van der Waals surface area contributed by atoms with Gasteiger partial charge in [-0.05, 0) is 13.5 Å². The fourth-order valence-electron chi connectivity index (χ4n) is 1.88. The van der Waals surface area contributed by atoms with Gasteiger partial charge in [-0.2, -0.15) is 5.26 Å². The van der Waals surface area contributed by atoms with Crippen molar-refractivity contribution < 1.29 is 18.9 Å². The van der Waals surface area contributed by atoms with Crippen LogP contribution in [0.25, 0.3) is 0 Å². The van der Waals surface area contributed by atoms with Crippen molar-refractivity contribution in [1.29, 1.82) is 5.26 Å². The van der Waals surface area contributed by atoms with E-state index in [9.17, 15) is 5.26 Å². The summed E-state index contributed by atoms with van der Waals surface area (Å²) in [4.78, 5) is 0. The molecule has 6 nitrogen and oxygen atoms in total. The number of hydrogen-bond acceptors (Lipinski definition) is 6. The molecular formula is C15H22N2O4. The first-order valence-electron chi connectivity index (χ1n) is 6.62. The molecule has 0 saturated carbocycles. The van der Waals surface area contributed by atoms with Crippen LogP contribution in [0.1, 0.15) is 13.8 Å². The zero-order valence-electron chi connectivity index (χ0n) is 13.1. The number of benzene rings is 1. The van der Waals surface area contributed by atoms with Gasteiger partial charge >= 0.3 is 0 Å². The predicted octanol–water partition coefficient (Wildman–Crippen LogP) is 1.98. The summed E-state index contributed by atoms with van der Waals surface area (Å²) in [5.74, 6) is 2.06. The van der Waals surface area contributed by atoms with Crippen LogP contribution in [-0.4, -0.2) is 40.0 Å². The molecule has 1 atom stereocenters. The molecule has 0 saturated heterocycles. The fourth-order valence-corrected chi connectivity index (χ4v) is 1.88. The van der Waals surface area contributed by atoms with Gasteiger partial charge in [0.15, 0.2) is 11.5 Å². The largest absolute Gasteiger partial charge is 0.493 e. The van der Waals surface area contributed by atoms with E-state index in [1.54, 1.807) is 40.4 Å². The van der Waals surface area contributed by atoms with E-state index in [2.05, 4.69) is 11.4 Å². The molecule has 1 rings (SSSR count). The van der Waals surface area contributed by atoms with Crippen molar-refractivity contribution >= 4 is 0 Å². The highest BCUT2D eigenvalue weighted by molar-refractivity contribution is 5.55. The number of hydrogen-bond donors (Lipinski definition) is 1. The lowest BCUT2D eigenvalue weighted by Gasteiger charge is -2.23. The second kappa shape index (κ2) is 7.60. The lowest BCUT2D eigenvalue weighted by atomic mass is 10.1. The molecule has 116 valence electrons. The van der Waals surface area contributed by atoms with Gasteiger partial charge in [0.2, 0.25) is 5.75 Å². The van der Waals surface area contributed by atoms with E-state index in [4.69, 9.17) is 18.9 Å². The van der Waals surface area contributed by atoms with Crippen LogP contribution < -0.4 is 24.3 Å². The molecule has 0 amide bonds. The minimum atomic E-state index is -0.755. The van der Waals surface area contributed by atoms with E-state index in [1.165, 1.54) is 0 Å². The van der Waals surface area contributed by atoms with Crippen LogP contribution in [0.15, 0.2) is 12.1 Å². The van der Waals surface area contributed by atoms with Gasteiger partial charge in [0.1, 0.15) is 17.9 Å². The van der Waals surface area contributed by atoms with Gasteiger partial charge < -0.3 is 18.9 Å². The van der Waals surface area contributed by atoms with Gasteiger partial charge in [-0.15, -0.1) is 0 Å². The zero-order valence-corrected chi connectivity index (χ0v) is 13.1. The highest BCUT2D eigenvalue weighted by Gasteiger charge is 2.24. The van der Waals surface area contributed by atoms with E-state index in [-0.39, 0.29) is 6.61 Å². The standard InChI is InChI=1S/C15H22N2O4/c1-6-17-15(2,9-16)10-21-11-7-12(18-3)14(20-5)13(8-11)19-4/h7-8,17H,6,10H2,1-5H3. The second-order valence-electron chi connectivity index (χ2n) is 4.62. The Balaban J connectivity index is 2.97. The van der Waals surface area contributed by atoms with Crippen LogP contribution in [0.5, 0.6) is 23.0 Å². The van der Waals surface area contributed by atoms with Crippen molar-refractivity contribution in [3.63, 3.8) is 0 Å². The maximum atomic E-state index is 9.22. The molecule has 6 heteroatoms. The minimum absolute atomic E-state index is 0.204. The summed E-state index contributed by atoms with van der Waals surface area (Å²) in [6.07, 6.45) is 0. The van der Waals surface area contributed by atoms with E-state index >= 15 is 0 Å². The van der Waals surface area contributed by atoms with Crippen LogP contribution in [-0.2, 0) is 0 Å². The number of ether oxygens (including phenoxy) is 4. The molecule has 21 heavy (non-hydrogen) atoms. The summed E-state index contributed by atoms with van der Waals surface area (Å²) >= 11 is 0. The molecule has 1 aromatic rings. The average Bonchev–Trinajstić information content (AvgIpc) is 2.52. The molecule has 0 spiro atoms. The summed E-state index contributed by atoms with van der Waals surface area (Å²) in [6.45, 7) is 4.61. The Hall–Kier alpha value is -2.13. The van der Waals surface area contributed by atoms with Crippen LogP contribution >= 0.6 is 0 Å². The Morgan fingerprint density at radius 2 is 1.71 bits per heavy atom. The van der Waals surface area contributed by atoms with E-state index in [0.29, 0.717) is 29.5 Å². The fraction of sp³-hybridized carbons (Fsp3) is 0.533. The van der Waals surface area contributed by atoms with Gasteiger partial charge in [0, 0.05) is 12.1 Å². The van der Waals surface area contributed by atoms with Gasteiger partial charge in [-0.25, -0.2) is 0 Å². The number of nitriles is 1. The Labute approximate surface area is 125 Å². The second-order valence-corrected chi connectivity index (χ2v) is 4.62. The third kappa shape index (κ3) is 4.17. The van der Waals surface area contributed by atoms with Crippen LogP contribution in [0, 0.1) is 11.3 Å². The van der Waals surface area contributed by atoms with Crippen molar-refractivity contribution in [3.05, 3.63) is 12.1 Å². The third-order valence-corrected chi connectivity index (χ3v) is 2.98. The molecule has 1 N–H and O–H groups in total. The first-order valence-corrected chi connectivity index (χ1v) is 6.62. The van der Waals surface area contributed by atoms with Crippen LogP contribution in [0.4, 0.5) is 0 Å². The highest BCUT2D eigenvalue weighted by atomic mass is 16.5. The van der Waals surface area contributed by atoms with Gasteiger partial charge in [-0.3, -0.25) is 5.32 Å². The summed E-state index contributed by atoms with van der Waals surface area (Å²) in [7, 11) is 4.62. The van der Waals surface area contributed by atoms with E-state index in [1.807, 2.05) is 6.92 Å². The number of nitrogens with zero attached hydrogens (tertiary/aromatic N) is 1. The molecule has 1 aromatic carbocycles. The SMILES string of the molecule is CCNC(C)(C#N)COc1cc(OC)c(OC)c(OC)c1. The molecule has 0 aliphatic carbocycles. The molecule has 0 aromatic heterocycles. The average molecular weight is 294 g/mol. The van der Waals surface area contributed by atoms with Gasteiger partial charge in [-0.1, -0.05) is 6.92 Å².